The molecule has 0 aliphatic heterocycles. The first-order chi connectivity index (χ1) is 19.7. The fourth-order valence-electron chi connectivity index (χ4n) is 4.65. The van der Waals surface area contributed by atoms with Crippen LogP contribution in [0, 0.1) is 25.6 Å². The Morgan fingerprint density at radius 3 is 2.45 bits per heavy atom. The van der Waals surface area contributed by atoms with E-state index in [1.165, 1.54) is 21.9 Å². The van der Waals surface area contributed by atoms with Gasteiger partial charge in [0, 0.05) is 24.0 Å². The first-order valence-electron chi connectivity index (χ1n) is 13.9. The van der Waals surface area contributed by atoms with E-state index in [1.54, 1.807) is 40.0 Å². The minimum atomic E-state index is -1.23. The smallest absolute Gasteiger partial charge is 0.292 e. The SMILES string of the molecule is Cc1ccc(-c2nc(C(=O)NC3=CCC(C(C)(C)F)CC3)n(C)n2)cc1F.Cc1ccc(C(C)C)c(NC(=S)NN)c1. The second-order valence-electron chi connectivity index (χ2n) is 11.4. The second kappa shape index (κ2) is 14.0. The van der Waals surface area contributed by atoms with Crippen molar-refractivity contribution in [3.8, 4) is 11.4 Å². The number of carbonyl (C=O) groups excluding carboxylic acids is 1. The summed E-state index contributed by atoms with van der Waals surface area (Å²) in [6, 6.07) is 11.0. The highest BCUT2D eigenvalue weighted by molar-refractivity contribution is 7.80. The van der Waals surface area contributed by atoms with E-state index in [1.807, 2.05) is 13.0 Å². The number of hydrogen-bond acceptors (Lipinski definition) is 5. The summed E-state index contributed by atoms with van der Waals surface area (Å²) in [4.78, 5) is 16.8. The topological polar surface area (TPSA) is 110 Å². The molecule has 1 aliphatic rings. The molecule has 4 rings (SSSR count). The number of alkyl halides is 1. The van der Waals surface area contributed by atoms with E-state index in [4.69, 9.17) is 18.1 Å². The fourth-order valence-corrected chi connectivity index (χ4v) is 4.76. The quantitative estimate of drug-likeness (QED) is 0.149. The largest absolute Gasteiger partial charge is 0.331 e. The molecule has 1 aromatic heterocycles. The molecule has 1 unspecified atom stereocenters. The Labute approximate surface area is 252 Å². The first-order valence-corrected chi connectivity index (χ1v) is 14.3. The zero-order valence-electron chi connectivity index (χ0n) is 25.3. The van der Waals surface area contributed by atoms with Gasteiger partial charge < -0.3 is 16.1 Å². The number of carbonyl (C=O) groups is 1. The molecule has 1 aliphatic carbocycles. The van der Waals surface area contributed by atoms with Gasteiger partial charge in [0.1, 0.15) is 11.5 Å². The third kappa shape index (κ3) is 8.65. The number of anilines is 1. The molecule has 1 amide bonds. The number of nitrogens with one attached hydrogen (secondary N) is 3. The van der Waals surface area contributed by atoms with Gasteiger partial charge in [-0.2, -0.15) is 5.10 Å². The lowest BCUT2D eigenvalue weighted by molar-refractivity contribution is 0.0941. The minimum Gasteiger partial charge on any atom is -0.331 e. The van der Waals surface area contributed by atoms with Gasteiger partial charge in [0.25, 0.3) is 5.91 Å². The van der Waals surface area contributed by atoms with Gasteiger partial charge in [-0.15, -0.1) is 0 Å². The first kappa shape index (κ1) is 32.8. The highest BCUT2D eigenvalue weighted by Crippen LogP contribution is 2.33. The summed E-state index contributed by atoms with van der Waals surface area (Å²) in [5.41, 5.74) is 6.46. The molecule has 11 heteroatoms. The van der Waals surface area contributed by atoms with Crippen molar-refractivity contribution in [2.24, 2.45) is 18.8 Å². The van der Waals surface area contributed by atoms with Crippen molar-refractivity contribution in [2.45, 2.75) is 72.4 Å². The van der Waals surface area contributed by atoms with E-state index >= 15 is 0 Å². The van der Waals surface area contributed by atoms with Crippen molar-refractivity contribution in [3.05, 3.63) is 76.5 Å². The minimum absolute atomic E-state index is 0.0454. The summed E-state index contributed by atoms with van der Waals surface area (Å²) < 4.78 is 29.2. The molecule has 1 heterocycles. The van der Waals surface area contributed by atoms with Gasteiger partial charge in [0.05, 0.1) is 0 Å². The molecule has 0 saturated heterocycles. The van der Waals surface area contributed by atoms with E-state index in [0.29, 0.717) is 47.2 Å². The second-order valence-corrected chi connectivity index (χ2v) is 11.8. The van der Waals surface area contributed by atoms with Crippen LogP contribution in [-0.4, -0.2) is 31.5 Å². The van der Waals surface area contributed by atoms with Gasteiger partial charge in [0.2, 0.25) is 5.82 Å². The van der Waals surface area contributed by atoms with Crippen LogP contribution in [0.1, 0.15) is 80.2 Å². The summed E-state index contributed by atoms with van der Waals surface area (Å²) in [6.45, 7) is 11.2. The predicted molar refractivity (Wildman–Crippen MR) is 168 cm³/mol. The number of hydrogen-bond donors (Lipinski definition) is 4. The molecule has 2 aromatic carbocycles. The van der Waals surface area contributed by atoms with Crippen LogP contribution in [0.15, 0.2) is 48.2 Å². The van der Waals surface area contributed by atoms with E-state index in [9.17, 15) is 13.6 Å². The molecule has 5 N–H and O–H groups in total. The number of thiocarbonyl (C=S) groups is 1. The zero-order chi connectivity index (χ0) is 31.2. The van der Waals surface area contributed by atoms with Crippen molar-refractivity contribution >= 4 is 28.9 Å². The van der Waals surface area contributed by atoms with Crippen molar-refractivity contribution in [3.63, 3.8) is 0 Å². The zero-order valence-corrected chi connectivity index (χ0v) is 26.1. The Hall–Kier alpha value is -3.70. The van der Waals surface area contributed by atoms with Crippen molar-refractivity contribution in [2.75, 3.05) is 5.32 Å². The number of rotatable bonds is 6. The third-order valence-electron chi connectivity index (χ3n) is 7.26. The van der Waals surface area contributed by atoms with E-state index in [0.717, 1.165) is 11.4 Å². The molecular weight excluding hydrogens is 556 g/mol. The number of halogens is 2. The van der Waals surface area contributed by atoms with Crippen LogP contribution in [0.3, 0.4) is 0 Å². The molecule has 8 nitrogen and oxygen atoms in total. The number of aromatic nitrogens is 3. The van der Waals surface area contributed by atoms with Crippen molar-refractivity contribution in [1.82, 2.24) is 25.5 Å². The highest BCUT2D eigenvalue weighted by Gasteiger charge is 2.30. The number of allylic oxidation sites excluding steroid dienone is 2. The van der Waals surface area contributed by atoms with Gasteiger partial charge in [-0.25, -0.2) is 24.3 Å². The molecule has 226 valence electrons. The predicted octanol–water partition coefficient (Wildman–Crippen LogP) is 6.37. The summed E-state index contributed by atoms with van der Waals surface area (Å²) in [5, 5.41) is 10.6. The molecule has 3 aromatic rings. The molecule has 0 radical (unpaired) electrons. The molecule has 0 bridgehead atoms. The van der Waals surface area contributed by atoms with Gasteiger partial charge >= 0.3 is 0 Å². The summed E-state index contributed by atoms with van der Waals surface area (Å²) >= 11 is 4.98. The average molecular weight is 598 g/mol. The number of benzene rings is 2. The third-order valence-corrected chi connectivity index (χ3v) is 7.48. The summed E-state index contributed by atoms with van der Waals surface area (Å²) in [7, 11) is 1.62. The molecule has 0 fully saturated rings. The van der Waals surface area contributed by atoms with E-state index < -0.39 is 5.67 Å². The van der Waals surface area contributed by atoms with E-state index in [2.05, 4.69) is 58.2 Å². The maximum Gasteiger partial charge on any atom is 0.292 e. The maximum absolute atomic E-state index is 14.0. The Morgan fingerprint density at radius 2 is 1.88 bits per heavy atom. The standard InChI is InChI=1S/C20H24F2N4O.C11H17N3S/c1-12-5-6-13(11-16(12)21)17-24-18(26(4)25-17)19(27)23-15-9-7-14(8-10-15)20(2,3)22;1-7(2)9-5-4-8(3)6-10(9)13-11(15)14-12/h5-6,9,11,14H,7-8,10H2,1-4H3,(H,23,27);4-7H,12H2,1-3H3,(H2,13,14,15). The van der Waals surface area contributed by atoms with Crippen LogP contribution in [0.4, 0.5) is 14.5 Å². The van der Waals surface area contributed by atoms with E-state index in [-0.39, 0.29) is 23.5 Å². The van der Waals surface area contributed by atoms with Gasteiger partial charge in [-0.1, -0.05) is 44.2 Å². The maximum atomic E-state index is 14.0. The van der Waals surface area contributed by atoms with Crippen LogP contribution in [0.25, 0.3) is 11.4 Å². The average Bonchev–Trinajstić information content (AvgIpc) is 3.32. The Balaban J connectivity index is 0.000000274. The number of nitrogens with zero attached hydrogens (tertiary/aromatic N) is 3. The van der Waals surface area contributed by atoms with Crippen LogP contribution in [0.5, 0.6) is 0 Å². The molecule has 1 atom stereocenters. The lowest BCUT2D eigenvalue weighted by Gasteiger charge is -2.29. The molecule has 42 heavy (non-hydrogen) atoms. The van der Waals surface area contributed by atoms with Gasteiger partial charge in [0.15, 0.2) is 10.9 Å². The van der Waals surface area contributed by atoms with Crippen LogP contribution >= 0.6 is 12.2 Å². The lowest BCUT2D eigenvalue weighted by atomic mass is 9.82. The Bertz CT molecular complexity index is 1460. The fraction of sp³-hybridized carbons (Fsp3) is 0.419. The summed E-state index contributed by atoms with van der Waals surface area (Å²) in [5.74, 6) is 5.34. The number of hydrazine groups is 1. The highest BCUT2D eigenvalue weighted by atomic mass is 32.1. The van der Waals surface area contributed by atoms with Crippen LogP contribution in [0.2, 0.25) is 0 Å². The number of amides is 1. The lowest BCUT2D eigenvalue weighted by Crippen LogP contribution is -2.34. The number of aryl methyl sites for hydroxylation is 3. The van der Waals surface area contributed by atoms with Crippen LogP contribution < -0.4 is 21.9 Å². The van der Waals surface area contributed by atoms with Crippen molar-refractivity contribution in [1.29, 1.82) is 0 Å². The molecular formula is C31H41F2N7OS. The molecule has 0 spiro atoms. The number of nitrogens with two attached hydrogens (primary N) is 1. The summed E-state index contributed by atoms with van der Waals surface area (Å²) in [6.07, 6.45) is 3.76. The normalized spacial score (nSPS) is 14.9. The van der Waals surface area contributed by atoms with Crippen LogP contribution in [-0.2, 0) is 7.05 Å². The van der Waals surface area contributed by atoms with Gasteiger partial charge in [-0.3, -0.25) is 4.79 Å². The Kier molecular flexibility index (Phi) is 10.9. The monoisotopic (exact) mass is 597 g/mol. The van der Waals surface area contributed by atoms with Crippen molar-refractivity contribution < 1.29 is 13.6 Å². The molecule has 0 saturated carbocycles. The van der Waals surface area contributed by atoms with Gasteiger partial charge in [-0.05, 0) is 99.8 Å². The Morgan fingerprint density at radius 1 is 1.17 bits per heavy atom.